The Morgan fingerprint density at radius 1 is 1.16 bits per heavy atom. The van der Waals surface area contributed by atoms with Crippen LogP contribution in [0.25, 0.3) is 0 Å². The topological polar surface area (TPSA) is 33.6 Å². The van der Waals surface area contributed by atoms with Gasteiger partial charge in [0, 0.05) is 11.4 Å². The van der Waals surface area contributed by atoms with Crippen LogP contribution in [0.5, 0.6) is 0 Å². The minimum atomic E-state index is 0.148. The first kappa shape index (κ1) is 26.4. The van der Waals surface area contributed by atoms with Crippen LogP contribution in [0.15, 0.2) is 28.7 Å². The second-order valence-corrected chi connectivity index (χ2v) is 7.68. The quantitative estimate of drug-likeness (QED) is 0.341. The van der Waals surface area contributed by atoms with Gasteiger partial charge in [-0.3, -0.25) is 0 Å². The lowest BCUT2D eigenvalue weighted by Gasteiger charge is -2.14. The molecule has 1 rings (SSSR count). The van der Waals surface area contributed by atoms with Crippen molar-refractivity contribution < 1.29 is 4.74 Å². The molecule has 25 heavy (non-hydrogen) atoms. The molecular weight excluding hydrogens is 328 g/mol. The molecule has 0 saturated carbocycles. The largest absolute Gasteiger partial charge is 0.377 e. The van der Waals surface area contributed by atoms with Gasteiger partial charge < -0.3 is 10.1 Å². The second-order valence-electron chi connectivity index (χ2n) is 6.09. The molecule has 1 aromatic rings. The zero-order chi connectivity index (χ0) is 19.7. The van der Waals surface area contributed by atoms with E-state index >= 15 is 0 Å². The number of rotatable bonds is 8. The van der Waals surface area contributed by atoms with Gasteiger partial charge in [0.05, 0.1) is 12.3 Å². The zero-order valence-electron chi connectivity index (χ0n) is 17.9. The van der Waals surface area contributed by atoms with Crippen LogP contribution in [0.2, 0.25) is 0 Å². The average Bonchev–Trinajstić information content (AvgIpc) is 2.62. The van der Waals surface area contributed by atoms with Crippen molar-refractivity contribution in [2.45, 2.75) is 73.2 Å². The van der Waals surface area contributed by atoms with Crippen molar-refractivity contribution in [3.63, 3.8) is 0 Å². The summed E-state index contributed by atoms with van der Waals surface area (Å²) in [4.78, 5) is 0. The van der Waals surface area contributed by atoms with E-state index in [2.05, 4.69) is 61.7 Å². The normalized spacial score (nSPS) is 11.2. The number of ether oxygens (including phenoxy) is 1. The highest BCUT2D eigenvalue weighted by molar-refractivity contribution is 7.99. The van der Waals surface area contributed by atoms with E-state index < -0.39 is 0 Å². The van der Waals surface area contributed by atoms with E-state index in [0.29, 0.717) is 6.61 Å². The highest BCUT2D eigenvalue weighted by Gasteiger charge is 2.10. The molecule has 0 fully saturated rings. The van der Waals surface area contributed by atoms with Gasteiger partial charge in [0.2, 0.25) is 0 Å². The first-order valence-corrected chi connectivity index (χ1v) is 10.2. The summed E-state index contributed by atoms with van der Waals surface area (Å²) in [5.41, 5.74) is 3.43. The molecule has 0 spiro atoms. The van der Waals surface area contributed by atoms with Crippen LogP contribution < -0.4 is 5.32 Å². The van der Waals surface area contributed by atoms with Gasteiger partial charge in [-0.25, -0.2) is 4.40 Å². The van der Waals surface area contributed by atoms with E-state index in [4.69, 9.17) is 4.74 Å². The van der Waals surface area contributed by atoms with E-state index in [1.165, 1.54) is 11.1 Å². The van der Waals surface area contributed by atoms with Gasteiger partial charge >= 0.3 is 0 Å². The zero-order valence-corrected chi connectivity index (χ0v) is 18.7. The van der Waals surface area contributed by atoms with Gasteiger partial charge in [-0.1, -0.05) is 45.9 Å². The number of hydrogen-bond donors (Lipinski definition) is 1. The van der Waals surface area contributed by atoms with Crippen LogP contribution in [-0.2, 0) is 11.3 Å². The molecule has 0 aliphatic rings. The third kappa shape index (κ3) is 15.2. The SMILES string of the molecule is CC.CC.CNCCCOCc1cccc(/C(C)=N\SC(C)(C)C)c1. The first-order valence-electron chi connectivity index (χ1n) is 9.47. The maximum Gasteiger partial charge on any atom is 0.0717 e. The fourth-order valence-electron chi connectivity index (χ4n) is 1.69. The van der Waals surface area contributed by atoms with Gasteiger partial charge in [-0.05, 0) is 76.8 Å². The molecule has 1 N–H and O–H groups in total. The Kier molecular flexibility index (Phi) is 17.5. The molecule has 0 unspecified atom stereocenters. The lowest BCUT2D eigenvalue weighted by Crippen LogP contribution is -2.10. The molecule has 0 aliphatic heterocycles. The monoisotopic (exact) mass is 368 g/mol. The number of nitrogens with one attached hydrogen (secondary N) is 1. The Balaban J connectivity index is 0. The molecule has 0 aromatic heterocycles. The van der Waals surface area contributed by atoms with Gasteiger partial charge in [-0.15, -0.1) is 0 Å². The Morgan fingerprint density at radius 3 is 2.36 bits per heavy atom. The summed E-state index contributed by atoms with van der Waals surface area (Å²) >= 11 is 1.62. The van der Waals surface area contributed by atoms with Crippen molar-refractivity contribution in [3.8, 4) is 0 Å². The van der Waals surface area contributed by atoms with E-state index in [9.17, 15) is 0 Å². The minimum Gasteiger partial charge on any atom is -0.377 e. The summed E-state index contributed by atoms with van der Waals surface area (Å²) in [7, 11) is 1.96. The van der Waals surface area contributed by atoms with Crippen LogP contribution in [0, 0.1) is 0 Å². The molecule has 4 heteroatoms. The summed E-state index contributed by atoms with van der Waals surface area (Å²) in [5.74, 6) is 0. The maximum atomic E-state index is 5.69. The molecule has 0 saturated heterocycles. The lowest BCUT2D eigenvalue weighted by molar-refractivity contribution is 0.119. The van der Waals surface area contributed by atoms with Crippen molar-refractivity contribution in [3.05, 3.63) is 35.4 Å². The third-order valence-corrected chi connectivity index (χ3v) is 3.70. The van der Waals surface area contributed by atoms with Crippen molar-refractivity contribution in [2.24, 2.45) is 4.40 Å². The molecule has 0 radical (unpaired) electrons. The summed E-state index contributed by atoms with van der Waals surface area (Å²) < 4.78 is 10.4. The maximum absolute atomic E-state index is 5.69. The summed E-state index contributed by atoms with van der Waals surface area (Å²) in [6, 6.07) is 8.45. The van der Waals surface area contributed by atoms with Crippen LogP contribution in [0.3, 0.4) is 0 Å². The van der Waals surface area contributed by atoms with Crippen LogP contribution >= 0.6 is 11.9 Å². The lowest BCUT2D eigenvalue weighted by atomic mass is 10.1. The molecule has 146 valence electrons. The highest BCUT2D eigenvalue weighted by Crippen LogP contribution is 2.25. The molecular formula is C21H40N2OS. The fourth-order valence-corrected chi connectivity index (χ4v) is 2.20. The van der Waals surface area contributed by atoms with Crippen molar-refractivity contribution >= 4 is 17.7 Å². The Bertz CT molecular complexity index is 453. The summed E-state index contributed by atoms with van der Waals surface area (Å²) in [6.07, 6.45) is 1.04. The molecule has 0 aliphatic carbocycles. The number of hydrogen-bond acceptors (Lipinski definition) is 4. The second kappa shape index (κ2) is 16.6. The molecule has 0 atom stereocenters. The van der Waals surface area contributed by atoms with E-state index in [1.807, 2.05) is 34.7 Å². The number of benzene rings is 1. The molecule has 0 bridgehead atoms. The third-order valence-electron chi connectivity index (χ3n) is 2.79. The smallest absolute Gasteiger partial charge is 0.0717 e. The Labute approximate surface area is 161 Å². The average molecular weight is 369 g/mol. The van der Waals surface area contributed by atoms with Gasteiger partial charge in [-0.2, -0.15) is 0 Å². The first-order chi connectivity index (χ1) is 11.9. The predicted molar refractivity (Wildman–Crippen MR) is 117 cm³/mol. The number of nitrogens with zero attached hydrogens (tertiary/aromatic N) is 1. The van der Waals surface area contributed by atoms with Gasteiger partial charge in [0.15, 0.2) is 0 Å². The summed E-state index contributed by atoms with van der Waals surface area (Å²) in [5, 5.41) is 3.12. The van der Waals surface area contributed by atoms with Crippen molar-refractivity contribution in [1.29, 1.82) is 0 Å². The van der Waals surface area contributed by atoms with Crippen molar-refractivity contribution in [2.75, 3.05) is 20.2 Å². The van der Waals surface area contributed by atoms with E-state index in [0.717, 1.165) is 25.3 Å². The molecule has 0 amide bonds. The van der Waals surface area contributed by atoms with Gasteiger partial charge in [0.25, 0.3) is 0 Å². The van der Waals surface area contributed by atoms with Crippen LogP contribution in [0.4, 0.5) is 0 Å². The Hall–Kier alpha value is -0.840. The standard InChI is InChI=1S/C17H28N2OS.2C2H6/c1-14(19-21-17(2,3)4)16-9-6-8-15(12-16)13-20-11-7-10-18-5;2*1-2/h6,8-9,12,18H,7,10-11,13H2,1-5H3;2*1-2H3/b19-14-;;. The van der Waals surface area contributed by atoms with Crippen LogP contribution in [-0.4, -0.2) is 30.7 Å². The van der Waals surface area contributed by atoms with Crippen LogP contribution in [0.1, 0.15) is 72.9 Å². The van der Waals surface area contributed by atoms with E-state index in [1.54, 1.807) is 11.9 Å². The molecule has 1 aromatic carbocycles. The highest BCUT2D eigenvalue weighted by atomic mass is 32.2. The summed E-state index contributed by atoms with van der Waals surface area (Å²) in [6.45, 7) is 19.0. The fraction of sp³-hybridized carbons (Fsp3) is 0.667. The Morgan fingerprint density at radius 2 is 1.80 bits per heavy atom. The molecule has 0 heterocycles. The predicted octanol–water partition coefficient (Wildman–Crippen LogP) is 6.12. The van der Waals surface area contributed by atoms with Gasteiger partial charge in [0.1, 0.15) is 0 Å². The van der Waals surface area contributed by atoms with E-state index in [-0.39, 0.29) is 4.75 Å². The minimum absolute atomic E-state index is 0.148. The van der Waals surface area contributed by atoms with Crippen molar-refractivity contribution in [1.82, 2.24) is 5.32 Å². The molecule has 3 nitrogen and oxygen atoms in total.